The number of benzene rings is 1. The summed E-state index contributed by atoms with van der Waals surface area (Å²) in [7, 11) is -4.05. The summed E-state index contributed by atoms with van der Waals surface area (Å²) < 4.78 is 58.5. The highest BCUT2D eigenvalue weighted by Gasteiger charge is 2.35. The molecular weight excluding hydrogens is 354 g/mol. The first-order valence-electron chi connectivity index (χ1n) is 8.21. The van der Waals surface area contributed by atoms with E-state index in [4.69, 9.17) is 4.74 Å². The molecule has 2 aliphatic heterocycles. The van der Waals surface area contributed by atoms with Crippen molar-refractivity contribution in [3.63, 3.8) is 0 Å². The molecule has 0 bridgehead atoms. The van der Waals surface area contributed by atoms with Crippen molar-refractivity contribution < 1.29 is 26.7 Å². The topological polar surface area (TPSA) is 66.9 Å². The lowest BCUT2D eigenvalue weighted by molar-refractivity contribution is -0.140. The van der Waals surface area contributed by atoms with Gasteiger partial charge in [0, 0.05) is 32.2 Å². The molecule has 25 heavy (non-hydrogen) atoms. The first-order valence-corrected chi connectivity index (χ1v) is 9.65. The molecule has 2 fully saturated rings. The summed E-state index contributed by atoms with van der Waals surface area (Å²) in [6.45, 7) is 2.20. The minimum Gasteiger partial charge on any atom is -0.378 e. The minimum atomic E-state index is -4.05. The molecule has 9 heteroatoms. The molecular formula is C16H20F2N2O4S. The molecule has 1 amide bonds. The van der Waals surface area contributed by atoms with Gasteiger partial charge in [-0.05, 0) is 25.0 Å². The Morgan fingerprint density at radius 2 is 1.72 bits per heavy atom. The molecule has 0 aromatic heterocycles. The van der Waals surface area contributed by atoms with Crippen molar-refractivity contribution in [1.29, 1.82) is 0 Å². The van der Waals surface area contributed by atoms with Crippen LogP contribution in [0.1, 0.15) is 12.8 Å². The second-order valence-corrected chi connectivity index (χ2v) is 8.18. The number of carbonyl (C=O) groups is 1. The smallest absolute Gasteiger partial charge is 0.243 e. The summed E-state index contributed by atoms with van der Waals surface area (Å²) in [6, 6.07) is 2.22. The van der Waals surface area contributed by atoms with E-state index in [2.05, 4.69) is 0 Å². The zero-order valence-electron chi connectivity index (χ0n) is 13.7. The predicted molar refractivity (Wildman–Crippen MR) is 85.2 cm³/mol. The zero-order valence-corrected chi connectivity index (χ0v) is 14.5. The first-order chi connectivity index (χ1) is 11.9. The summed E-state index contributed by atoms with van der Waals surface area (Å²) in [6.07, 6.45) is 1.12. The number of nitrogens with zero attached hydrogens (tertiary/aromatic N) is 2. The highest BCUT2D eigenvalue weighted by atomic mass is 32.2. The molecule has 0 radical (unpaired) electrons. The van der Waals surface area contributed by atoms with Gasteiger partial charge in [-0.2, -0.15) is 4.31 Å². The van der Waals surface area contributed by atoms with Crippen LogP contribution < -0.4 is 0 Å². The van der Waals surface area contributed by atoms with Crippen LogP contribution in [0.3, 0.4) is 0 Å². The van der Waals surface area contributed by atoms with Gasteiger partial charge < -0.3 is 9.64 Å². The molecule has 0 spiro atoms. The lowest BCUT2D eigenvalue weighted by Crippen LogP contribution is -2.49. The Kier molecular flexibility index (Phi) is 5.35. The van der Waals surface area contributed by atoms with Crippen molar-refractivity contribution in [1.82, 2.24) is 9.21 Å². The van der Waals surface area contributed by atoms with Gasteiger partial charge in [0.25, 0.3) is 0 Å². The Bertz CT molecular complexity index is 730. The molecule has 0 saturated carbocycles. The Morgan fingerprint density at radius 1 is 1.08 bits per heavy atom. The fourth-order valence-corrected chi connectivity index (χ4v) is 4.80. The van der Waals surface area contributed by atoms with Gasteiger partial charge in [-0.25, -0.2) is 17.2 Å². The number of hydrogen-bond donors (Lipinski definition) is 0. The molecule has 3 rings (SSSR count). The van der Waals surface area contributed by atoms with Gasteiger partial charge in [0.1, 0.15) is 11.6 Å². The third-order valence-electron chi connectivity index (χ3n) is 4.53. The van der Waals surface area contributed by atoms with Gasteiger partial charge in [-0.3, -0.25) is 4.79 Å². The summed E-state index contributed by atoms with van der Waals surface area (Å²) in [5.41, 5.74) is 0. The second kappa shape index (κ2) is 7.35. The number of carbonyl (C=O) groups excluding carboxylic acids is 1. The summed E-state index contributed by atoms with van der Waals surface area (Å²) >= 11 is 0. The van der Waals surface area contributed by atoms with Crippen molar-refractivity contribution in [3.05, 3.63) is 29.8 Å². The lowest BCUT2D eigenvalue weighted by Gasteiger charge is -2.35. The van der Waals surface area contributed by atoms with E-state index in [9.17, 15) is 22.0 Å². The molecule has 0 aliphatic carbocycles. The van der Waals surface area contributed by atoms with Crippen LogP contribution in [0.15, 0.2) is 23.1 Å². The molecule has 1 atom stereocenters. The highest BCUT2D eigenvalue weighted by molar-refractivity contribution is 7.89. The van der Waals surface area contributed by atoms with E-state index in [-0.39, 0.29) is 19.0 Å². The summed E-state index contributed by atoms with van der Waals surface area (Å²) in [4.78, 5) is 13.9. The van der Waals surface area contributed by atoms with Crippen LogP contribution in [0.4, 0.5) is 8.78 Å². The Labute approximate surface area is 145 Å². The van der Waals surface area contributed by atoms with E-state index in [0.717, 1.165) is 16.4 Å². The van der Waals surface area contributed by atoms with Crippen molar-refractivity contribution >= 4 is 15.9 Å². The van der Waals surface area contributed by atoms with Crippen LogP contribution in [-0.2, 0) is 19.6 Å². The van der Waals surface area contributed by atoms with Crippen LogP contribution in [0.2, 0.25) is 0 Å². The molecule has 2 aliphatic rings. The van der Waals surface area contributed by atoms with Gasteiger partial charge in [-0.1, -0.05) is 0 Å². The Balaban J connectivity index is 1.76. The van der Waals surface area contributed by atoms with Crippen molar-refractivity contribution in [2.75, 3.05) is 39.4 Å². The number of hydrogen-bond acceptors (Lipinski definition) is 4. The van der Waals surface area contributed by atoms with Gasteiger partial charge in [0.05, 0.1) is 24.0 Å². The fraction of sp³-hybridized carbons (Fsp3) is 0.562. The fourth-order valence-electron chi connectivity index (χ4n) is 3.23. The van der Waals surface area contributed by atoms with E-state index in [1.807, 2.05) is 0 Å². The average Bonchev–Trinajstić information content (AvgIpc) is 2.61. The van der Waals surface area contributed by atoms with E-state index in [1.165, 1.54) is 0 Å². The monoisotopic (exact) mass is 374 g/mol. The predicted octanol–water partition coefficient (Wildman–Crippen LogP) is 1.22. The van der Waals surface area contributed by atoms with Gasteiger partial charge in [0.2, 0.25) is 15.9 Å². The Hall–Kier alpha value is -1.58. The van der Waals surface area contributed by atoms with Crippen LogP contribution in [0, 0.1) is 17.6 Å². The van der Waals surface area contributed by atoms with Crippen LogP contribution >= 0.6 is 0 Å². The van der Waals surface area contributed by atoms with Crippen LogP contribution in [-0.4, -0.2) is 62.9 Å². The molecule has 0 N–H and O–H groups in total. The maximum Gasteiger partial charge on any atom is 0.243 e. The molecule has 138 valence electrons. The summed E-state index contributed by atoms with van der Waals surface area (Å²) in [5.74, 6) is -2.43. The van der Waals surface area contributed by atoms with E-state index in [1.54, 1.807) is 4.90 Å². The van der Waals surface area contributed by atoms with Crippen molar-refractivity contribution in [2.24, 2.45) is 5.92 Å². The largest absolute Gasteiger partial charge is 0.378 e. The number of ether oxygens (including phenoxy) is 1. The average molecular weight is 374 g/mol. The SMILES string of the molecule is O=C(C1CCCN(S(=O)(=O)c2cc(F)cc(F)c2)C1)N1CCOCC1. The third kappa shape index (κ3) is 3.99. The number of rotatable bonds is 3. The van der Waals surface area contributed by atoms with E-state index < -0.39 is 32.5 Å². The van der Waals surface area contributed by atoms with E-state index >= 15 is 0 Å². The quantitative estimate of drug-likeness (QED) is 0.798. The number of amides is 1. The number of halogens is 2. The number of morpholine rings is 1. The van der Waals surface area contributed by atoms with Crippen molar-refractivity contribution in [3.8, 4) is 0 Å². The number of piperidine rings is 1. The number of sulfonamides is 1. The molecule has 1 aromatic carbocycles. The highest BCUT2D eigenvalue weighted by Crippen LogP contribution is 2.26. The maximum atomic E-state index is 13.4. The van der Waals surface area contributed by atoms with Crippen LogP contribution in [0.5, 0.6) is 0 Å². The molecule has 1 unspecified atom stereocenters. The minimum absolute atomic E-state index is 0.0245. The molecule has 2 heterocycles. The summed E-state index contributed by atoms with van der Waals surface area (Å²) in [5, 5.41) is 0. The van der Waals surface area contributed by atoms with Gasteiger partial charge >= 0.3 is 0 Å². The molecule has 6 nitrogen and oxygen atoms in total. The zero-order chi connectivity index (χ0) is 18.0. The van der Waals surface area contributed by atoms with Crippen molar-refractivity contribution in [2.45, 2.75) is 17.7 Å². The standard InChI is InChI=1S/C16H20F2N2O4S/c17-13-8-14(18)10-15(9-13)25(22,23)20-3-1-2-12(11-20)16(21)19-4-6-24-7-5-19/h8-10,12H,1-7,11H2. The third-order valence-corrected chi connectivity index (χ3v) is 6.37. The normalized spacial score (nSPS) is 22.8. The maximum absolute atomic E-state index is 13.4. The first kappa shape index (κ1) is 18.2. The van der Waals surface area contributed by atoms with Gasteiger partial charge in [0.15, 0.2) is 0 Å². The molecule has 2 saturated heterocycles. The molecule has 1 aromatic rings. The lowest BCUT2D eigenvalue weighted by atomic mass is 9.98. The Morgan fingerprint density at radius 3 is 2.36 bits per heavy atom. The van der Waals surface area contributed by atoms with E-state index in [0.29, 0.717) is 45.2 Å². The second-order valence-electron chi connectivity index (χ2n) is 6.25. The van der Waals surface area contributed by atoms with Crippen LogP contribution in [0.25, 0.3) is 0 Å². The van der Waals surface area contributed by atoms with Gasteiger partial charge in [-0.15, -0.1) is 0 Å².